The van der Waals surface area contributed by atoms with Gasteiger partial charge in [-0.15, -0.1) is 0 Å². The van der Waals surface area contributed by atoms with Gasteiger partial charge in [-0.3, -0.25) is 14.5 Å². The molecule has 0 radical (unpaired) electrons. The molecule has 3 aliphatic rings. The van der Waals surface area contributed by atoms with E-state index in [-0.39, 0.29) is 30.1 Å². The molecule has 2 heterocycles. The lowest BCUT2D eigenvalue weighted by Crippen LogP contribution is -2.47. The number of carbonyl (C=O) groups is 2. The molecule has 2 aromatic rings. The lowest BCUT2D eigenvalue weighted by atomic mass is 9.98. The Morgan fingerprint density at radius 3 is 2.44 bits per heavy atom. The average molecular weight is 497 g/mol. The van der Waals surface area contributed by atoms with Gasteiger partial charge >= 0.3 is 0 Å². The van der Waals surface area contributed by atoms with Crippen LogP contribution in [0.4, 0.5) is 8.78 Å². The molecule has 190 valence electrons. The molecular formula is C27H30F2N4O3. The highest BCUT2D eigenvalue weighted by atomic mass is 19.1. The van der Waals surface area contributed by atoms with Crippen molar-refractivity contribution in [2.75, 3.05) is 45.9 Å². The number of nitrogens with zero attached hydrogens (tertiary/aromatic N) is 4. The number of rotatable bonds is 8. The Kier molecular flexibility index (Phi) is 7.38. The highest BCUT2D eigenvalue weighted by molar-refractivity contribution is 6.03. The first-order valence-electron chi connectivity index (χ1n) is 12.5. The molecule has 1 saturated heterocycles. The van der Waals surface area contributed by atoms with E-state index in [1.165, 1.54) is 23.2 Å². The molecule has 5 rings (SSSR count). The number of benzene rings is 2. The van der Waals surface area contributed by atoms with E-state index in [9.17, 15) is 18.4 Å². The third-order valence-corrected chi connectivity index (χ3v) is 6.96. The number of hydrazone groups is 1. The van der Waals surface area contributed by atoms with Crippen molar-refractivity contribution >= 4 is 17.5 Å². The summed E-state index contributed by atoms with van der Waals surface area (Å²) in [6, 6.07) is 11.7. The van der Waals surface area contributed by atoms with Gasteiger partial charge in [0.2, 0.25) is 5.91 Å². The number of hydrogen-bond donors (Lipinski definition) is 0. The Bertz CT molecular complexity index is 1130. The highest BCUT2D eigenvalue weighted by Crippen LogP contribution is 2.34. The Morgan fingerprint density at radius 1 is 1.03 bits per heavy atom. The van der Waals surface area contributed by atoms with Crippen molar-refractivity contribution < 1.29 is 23.1 Å². The predicted octanol–water partition coefficient (Wildman–Crippen LogP) is 3.21. The molecule has 1 atom stereocenters. The van der Waals surface area contributed by atoms with E-state index in [0.29, 0.717) is 49.6 Å². The van der Waals surface area contributed by atoms with Crippen LogP contribution in [-0.2, 0) is 14.3 Å². The third-order valence-electron chi connectivity index (χ3n) is 6.96. The fourth-order valence-corrected chi connectivity index (χ4v) is 4.72. The maximum Gasteiger partial charge on any atom is 0.262 e. The van der Waals surface area contributed by atoms with Gasteiger partial charge in [0.05, 0.1) is 25.0 Å². The predicted molar refractivity (Wildman–Crippen MR) is 130 cm³/mol. The van der Waals surface area contributed by atoms with E-state index in [1.54, 1.807) is 35.2 Å². The summed E-state index contributed by atoms with van der Waals surface area (Å²) in [7, 11) is 0. The smallest absolute Gasteiger partial charge is 0.262 e. The van der Waals surface area contributed by atoms with Crippen molar-refractivity contribution in [3.8, 4) is 0 Å². The molecule has 0 N–H and O–H groups in total. The lowest BCUT2D eigenvalue weighted by Gasteiger charge is -2.31. The van der Waals surface area contributed by atoms with E-state index in [0.717, 1.165) is 25.9 Å². The molecule has 0 aromatic heterocycles. The zero-order valence-corrected chi connectivity index (χ0v) is 20.1. The van der Waals surface area contributed by atoms with Crippen LogP contribution in [0.1, 0.15) is 36.4 Å². The topological polar surface area (TPSA) is 65.5 Å². The highest BCUT2D eigenvalue weighted by Gasteiger charge is 2.38. The largest absolute Gasteiger partial charge is 0.379 e. The fraction of sp³-hybridized carbons (Fsp3) is 0.444. The minimum atomic E-state index is -0.509. The molecule has 9 heteroatoms. The maximum absolute atomic E-state index is 14.5. The third kappa shape index (κ3) is 5.63. The average Bonchev–Trinajstić information content (AvgIpc) is 3.66. The van der Waals surface area contributed by atoms with E-state index in [1.807, 2.05) is 0 Å². The summed E-state index contributed by atoms with van der Waals surface area (Å²) < 4.78 is 33.5. The summed E-state index contributed by atoms with van der Waals surface area (Å²) in [5, 5.41) is 5.87. The number of hydrogen-bond acceptors (Lipinski definition) is 5. The molecule has 2 aromatic carbocycles. The van der Waals surface area contributed by atoms with Gasteiger partial charge in [-0.1, -0.05) is 30.3 Å². The van der Waals surface area contributed by atoms with Crippen molar-refractivity contribution in [2.45, 2.75) is 25.3 Å². The molecule has 0 bridgehead atoms. The van der Waals surface area contributed by atoms with Crippen LogP contribution in [-0.4, -0.2) is 78.3 Å². The molecular weight excluding hydrogens is 466 g/mol. The summed E-state index contributed by atoms with van der Waals surface area (Å²) in [6.07, 6.45) is 1.99. The molecule has 7 nitrogen and oxygen atoms in total. The van der Waals surface area contributed by atoms with Crippen LogP contribution in [0.5, 0.6) is 0 Å². The maximum atomic E-state index is 14.5. The molecule has 0 spiro atoms. The number of amides is 2. The normalized spacial score (nSPS) is 20.3. The number of halogens is 2. The van der Waals surface area contributed by atoms with Crippen LogP contribution in [0.3, 0.4) is 0 Å². The van der Waals surface area contributed by atoms with Crippen molar-refractivity contribution in [1.29, 1.82) is 0 Å². The van der Waals surface area contributed by atoms with Gasteiger partial charge in [-0.05, 0) is 36.6 Å². The first kappa shape index (κ1) is 24.5. The van der Waals surface area contributed by atoms with Crippen LogP contribution >= 0.6 is 0 Å². The van der Waals surface area contributed by atoms with Crippen LogP contribution in [0, 0.1) is 17.6 Å². The quantitative estimate of drug-likeness (QED) is 0.563. The van der Waals surface area contributed by atoms with Gasteiger partial charge in [0, 0.05) is 44.1 Å². The Hall–Kier alpha value is -3.17. The van der Waals surface area contributed by atoms with Gasteiger partial charge in [0.1, 0.15) is 18.2 Å². The van der Waals surface area contributed by atoms with E-state index >= 15 is 0 Å². The zero-order chi connectivity index (χ0) is 25.1. The van der Waals surface area contributed by atoms with E-state index in [2.05, 4.69) is 10.0 Å². The van der Waals surface area contributed by atoms with Gasteiger partial charge in [0.25, 0.3) is 5.91 Å². The van der Waals surface area contributed by atoms with Gasteiger partial charge in [-0.25, -0.2) is 13.8 Å². The standard InChI is InChI=1S/C27H30F2N4O3/c28-21-9-7-19(8-10-21)25-17-24(22-3-1-2-4-23(22)29)30-33(25)26(34)18-32(27(35)20-5-6-20)12-11-31-13-15-36-16-14-31/h1-4,7-10,20,25H,5-6,11-18H2/t25-/m0/s1. The molecule has 2 fully saturated rings. The minimum absolute atomic E-state index is 0.00699. The second kappa shape index (κ2) is 10.8. The first-order valence-corrected chi connectivity index (χ1v) is 12.5. The summed E-state index contributed by atoms with van der Waals surface area (Å²) >= 11 is 0. The summed E-state index contributed by atoms with van der Waals surface area (Å²) in [5.74, 6) is -1.17. The monoisotopic (exact) mass is 496 g/mol. The van der Waals surface area contributed by atoms with E-state index in [4.69, 9.17) is 4.74 Å². The fourth-order valence-electron chi connectivity index (χ4n) is 4.72. The van der Waals surface area contributed by atoms with Crippen molar-refractivity contribution in [3.63, 3.8) is 0 Å². The first-order chi connectivity index (χ1) is 17.5. The zero-order valence-electron chi connectivity index (χ0n) is 20.1. The molecule has 1 saturated carbocycles. The van der Waals surface area contributed by atoms with Gasteiger partial charge < -0.3 is 9.64 Å². The number of ether oxygens (including phenoxy) is 1. The molecule has 2 aliphatic heterocycles. The molecule has 2 amide bonds. The minimum Gasteiger partial charge on any atom is -0.379 e. The summed E-state index contributed by atoms with van der Waals surface area (Å²) in [4.78, 5) is 30.5. The van der Waals surface area contributed by atoms with Gasteiger partial charge in [0.15, 0.2) is 0 Å². The van der Waals surface area contributed by atoms with Crippen molar-refractivity contribution in [3.05, 3.63) is 71.3 Å². The second-order valence-electron chi connectivity index (χ2n) is 9.52. The summed E-state index contributed by atoms with van der Waals surface area (Å²) in [5.41, 5.74) is 1.48. The SMILES string of the molecule is O=C(C1CC1)N(CCN1CCOCC1)CC(=O)N1N=C(c2ccccc2F)C[C@H]1c1ccc(F)cc1. The molecule has 36 heavy (non-hydrogen) atoms. The lowest BCUT2D eigenvalue weighted by molar-refractivity contribution is -0.142. The number of morpholine rings is 1. The van der Waals surface area contributed by atoms with Crippen LogP contribution < -0.4 is 0 Å². The number of carbonyl (C=O) groups excluding carboxylic acids is 2. The van der Waals surface area contributed by atoms with Crippen LogP contribution in [0.15, 0.2) is 53.6 Å². The Morgan fingerprint density at radius 2 is 1.75 bits per heavy atom. The molecule has 0 unspecified atom stereocenters. The van der Waals surface area contributed by atoms with Crippen molar-refractivity contribution in [2.24, 2.45) is 11.0 Å². The Labute approximate surface area is 209 Å². The summed E-state index contributed by atoms with van der Waals surface area (Å²) in [6.45, 7) is 3.93. The van der Waals surface area contributed by atoms with E-state index < -0.39 is 11.9 Å². The van der Waals surface area contributed by atoms with Crippen LogP contribution in [0.2, 0.25) is 0 Å². The second-order valence-corrected chi connectivity index (χ2v) is 9.52. The van der Waals surface area contributed by atoms with Crippen molar-refractivity contribution in [1.82, 2.24) is 14.8 Å². The van der Waals surface area contributed by atoms with Gasteiger partial charge in [-0.2, -0.15) is 5.10 Å². The molecule has 1 aliphatic carbocycles. The Balaban J connectivity index is 1.37. The van der Waals surface area contributed by atoms with Crippen LogP contribution in [0.25, 0.3) is 0 Å².